The summed E-state index contributed by atoms with van der Waals surface area (Å²) in [5.41, 5.74) is 2.95. The third kappa shape index (κ3) is 3.37. The lowest BCUT2D eigenvalue weighted by molar-refractivity contribution is 0.233. The van der Waals surface area contributed by atoms with Crippen molar-refractivity contribution in [2.75, 3.05) is 18.0 Å². The molecule has 1 saturated heterocycles. The summed E-state index contributed by atoms with van der Waals surface area (Å²) in [7, 11) is 0. The van der Waals surface area contributed by atoms with Crippen LogP contribution in [0.5, 0.6) is 0 Å². The summed E-state index contributed by atoms with van der Waals surface area (Å²) in [6.07, 6.45) is 1.17. The summed E-state index contributed by atoms with van der Waals surface area (Å²) in [5.74, 6) is 0. The van der Waals surface area contributed by atoms with Crippen LogP contribution in [-0.2, 0) is 0 Å². The van der Waals surface area contributed by atoms with Crippen molar-refractivity contribution in [2.24, 2.45) is 5.41 Å². The zero-order chi connectivity index (χ0) is 14.9. The topological polar surface area (TPSA) is 15.3 Å². The van der Waals surface area contributed by atoms with E-state index in [0.29, 0.717) is 12.1 Å². The van der Waals surface area contributed by atoms with Gasteiger partial charge in [-0.05, 0) is 52.4 Å². The van der Waals surface area contributed by atoms with Crippen molar-refractivity contribution in [2.45, 2.75) is 53.1 Å². The number of aryl methyl sites for hydroxylation is 1. The maximum Gasteiger partial charge on any atom is 0.0516 e. The number of halogens is 1. The van der Waals surface area contributed by atoms with Crippen LogP contribution in [0, 0.1) is 12.3 Å². The molecular weight excluding hydrogens is 312 g/mol. The van der Waals surface area contributed by atoms with Gasteiger partial charge in [-0.2, -0.15) is 0 Å². The van der Waals surface area contributed by atoms with Gasteiger partial charge >= 0.3 is 0 Å². The molecule has 0 aromatic heterocycles. The minimum absolute atomic E-state index is 0.285. The lowest BCUT2D eigenvalue weighted by Crippen LogP contribution is -2.60. The molecule has 1 aliphatic rings. The molecule has 0 aliphatic carbocycles. The van der Waals surface area contributed by atoms with Crippen LogP contribution in [-0.4, -0.2) is 25.2 Å². The van der Waals surface area contributed by atoms with Gasteiger partial charge in [-0.15, -0.1) is 0 Å². The molecule has 2 unspecified atom stereocenters. The minimum atomic E-state index is 0.285. The number of piperazine rings is 1. The predicted molar refractivity (Wildman–Crippen MR) is 91.5 cm³/mol. The van der Waals surface area contributed by atoms with Crippen LogP contribution in [0.2, 0.25) is 0 Å². The van der Waals surface area contributed by atoms with E-state index in [-0.39, 0.29) is 5.41 Å². The van der Waals surface area contributed by atoms with E-state index < -0.39 is 0 Å². The van der Waals surface area contributed by atoms with Crippen LogP contribution in [0.25, 0.3) is 0 Å². The molecule has 1 heterocycles. The van der Waals surface area contributed by atoms with E-state index >= 15 is 0 Å². The highest BCUT2D eigenvalue weighted by atomic mass is 79.9. The Balaban J connectivity index is 2.32. The monoisotopic (exact) mass is 338 g/mol. The molecule has 20 heavy (non-hydrogen) atoms. The van der Waals surface area contributed by atoms with Gasteiger partial charge in [0.1, 0.15) is 0 Å². The highest BCUT2D eigenvalue weighted by molar-refractivity contribution is 9.10. The van der Waals surface area contributed by atoms with Crippen molar-refractivity contribution < 1.29 is 0 Å². The Kier molecular flexibility index (Phi) is 4.80. The Morgan fingerprint density at radius 3 is 2.65 bits per heavy atom. The van der Waals surface area contributed by atoms with Gasteiger partial charge in [0, 0.05) is 29.6 Å². The molecule has 0 spiro atoms. The first kappa shape index (κ1) is 15.8. The fourth-order valence-electron chi connectivity index (χ4n) is 2.88. The van der Waals surface area contributed by atoms with Crippen LogP contribution in [0.1, 0.15) is 39.7 Å². The van der Waals surface area contributed by atoms with Gasteiger partial charge in [0.05, 0.1) is 5.69 Å². The second-order valence-corrected chi connectivity index (χ2v) is 7.85. The van der Waals surface area contributed by atoms with Gasteiger partial charge in [-0.1, -0.05) is 33.8 Å². The number of benzene rings is 1. The Morgan fingerprint density at radius 1 is 1.35 bits per heavy atom. The normalized spacial score (nSPS) is 24.0. The molecule has 1 fully saturated rings. The van der Waals surface area contributed by atoms with Crippen LogP contribution in [0.15, 0.2) is 22.7 Å². The molecule has 1 N–H and O–H groups in total. The average molecular weight is 339 g/mol. The molecule has 1 aliphatic heterocycles. The summed E-state index contributed by atoms with van der Waals surface area (Å²) in [6.45, 7) is 13.5. The lowest BCUT2D eigenvalue weighted by atomic mass is 9.84. The van der Waals surface area contributed by atoms with E-state index in [0.717, 1.165) is 13.1 Å². The maximum atomic E-state index is 3.74. The van der Waals surface area contributed by atoms with Gasteiger partial charge in [0.25, 0.3) is 0 Å². The van der Waals surface area contributed by atoms with Crippen molar-refractivity contribution in [3.05, 3.63) is 28.2 Å². The lowest BCUT2D eigenvalue weighted by Gasteiger charge is -2.46. The molecule has 112 valence electrons. The molecule has 0 bridgehead atoms. The van der Waals surface area contributed by atoms with Crippen LogP contribution >= 0.6 is 15.9 Å². The number of nitrogens with one attached hydrogen (secondary N) is 1. The smallest absolute Gasteiger partial charge is 0.0516 e. The largest absolute Gasteiger partial charge is 0.365 e. The first-order valence-electron chi connectivity index (χ1n) is 7.59. The number of rotatable bonds is 2. The first-order valence-corrected chi connectivity index (χ1v) is 8.38. The van der Waals surface area contributed by atoms with Gasteiger partial charge in [-0.25, -0.2) is 0 Å². The van der Waals surface area contributed by atoms with Crippen molar-refractivity contribution in [1.82, 2.24) is 5.32 Å². The Hall–Kier alpha value is -0.540. The van der Waals surface area contributed by atoms with E-state index in [4.69, 9.17) is 0 Å². The highest BCUT2D eigenvalue weighted by Crippen LogP contribution is 2.33. The van der Waals surface area contributed by atoms with Crippen LogP contribution < -0.4 is 10.2 Å². The molecule has 0 saturated carbocycles. The standard InChI is InChI=1S/C17H27BrN2/c1-6-13-10-19-16(17(3,4)5)11-20(13)15-9-12(2)7-8-14(15)18/h7-9,13,16,19H,6,10-11H2,1-5H3. The summed E-state index contributed by atoms with van der Waals surface area (Å²) < 4.78 is 1.20. The molecule has 2 rings (SSSR count). The number of nitrogens with zero attached hydrogens (tertiary/aromatic N) is 1. The molecule has 3 heteroatoms. The molecule has 0 amide bonds. The number of hydrogen-bond donors (Lipinski definition) is 1. The molecule has 1 aromatic carbocycles. The van der Waals surface area contributed by atoms with Crippen molar-refractivity contribution in [3.8, 4) is 0 Å². The minimum Gasteiger partial charge on any atom is -0.365 e. The third-order valence-electron chi connectivity index (χ3n) is 4.35. The quantitative estimate of drug-likeness (QED) is 0.861. The number of anilines is 1. The summed E-state index contributed by atoms with van der Waals surface area (Å²) in [6, 6.07) is 7.74. The zero-order valence-electron chi connectivity index (χ0n) is 13.3. The third-order valence-corrected chi connectivity index (χ3v) is 5.02. The highest BCUT2D eigenvalue weighted by Gasteiger charge is 2.34. The molecule has 0 radical (unpaired) electrons. The SMILES string of the molecule is CCC1CNC(C(C)(C)C)CN1c1cc(C)ccc1Br. The van der Waals surface area contributed by atoms with E-state index in [1.165, 1.54) is 22.1 Å². The fraction of sp³-hybridized carbons (Fsp3) is 0.647. The maximum absolute atomic E-state index is 3.74. The fourth-order valence-corrected chi connectivity index (χ4v) is 3.36. The van der Waals surface area contributed by atoms with Gasteiger partial charge in [0.2, 0.25) is 0 Å². The van der Waals surface area contributed by atoms with Crippen molar-refractivity contribution in [1.29, 1.82) is 0 Å². The first-order chi connectivity index (χ1) is 9.32. The van der Waals surface area contributed by atoms with Crippen LogP contribution in [0.4, 0.5) is 5.69 Å². The summed E-state index contributed by atoms with van der Waals surface area (Å²) >= 11 is 3.73. The van der Waals surface area contributed by atoms with Gasteiger partial charge in [0.15, 0.2) is 0 Å². The predicted octanol–water partition coefficient (Wildman–Crippen LogP) is 4.36. The Morgan fingerprint density at radius 2 is 2.05 bits per heavy atom. The van der Waals surface area contributed by atoms with E-state index in [1.807, 2.05) is 0 Å². The van der Waals surface area contributed by atoms with Crippen molar-refractivity contribution >= 4 is 21.6 Å². The summed E-state index contributed by atoms with van der Waals surface area (Å²) in [5, 5.41) is 3.74. The molecular formula is C17H27BrN2. The summed E-state index contributed by atoms with van der Waals surface area (Å²) in [4.78, 5) is 2.59. The average Bonchev–Trinajstić information content (AvgIpc) is 2.40. The zero-order valence-corrected chi connectivity index (χ0v) is 14.9. The van der Waals surface area contributed by atoms with Crippen molar-refractivity contribution in [3.63, 3.8) is 0 Å². The molecule has 1 aromatic rings. The molecule has 2 atom stereocenters. The van der Waals surface area contributed by atoms with Crippen LogP contribution in [0.3, 0.4) is 0 Å². The van der Waals surface area contributed by atoms with E-state index in [2.05, 4.69) is 79.0 Å². The van der Waals surface area contributed by atoms with E-state index in [9.17, 15) is 0 Å². The Labute approximate surface area is 132 Å². The molecule has 2 nitrogen and oxygen atoms in total. The Bertz CT molecular complexity index is 465. The second-order valence-electron chi connectivity index (χ2n) is 7.00. The van der Waals surface area contributed by atoms with E-state index in [1.54, 1.807) is 0 Å². The number of hydrogen-bond acceptors (Lipinski definition) is 2. The van der Waals surface area contributed by atoms with Gasteiger partial charge < -0.3 is 10.2 Å². The second kappa shape index (κ2) is 6.07. The van der Waals surface area contributed by atoms with Gasteiger partial charge in [-0.3, -0.25) is 0 Å².